The van der Waals surface area contributed by atoms with Crippen LogP contribution >= 0.6 is 0 Å². The molecular weight excluding hydrogens is 140 g/mol. The van der Waals surface area contributed by atoms with Crippen molar-refractivity contribution in [2.45, 2.75) is 33.5 Å². The van der Waals surface area contributed by atoms with Gasteiger partial charge in [-0.1, -0.05) is 19.6 Å². The molecule has 0 saturated heterocycles. The van der Waals surface area contributed by atoms with Gasteiger partial charge in [-0.05, 0) is 19.4 Å². The molecule has 1 nitrogen and oxygen atoms in total. The zero-order chi connectivity index (χ0) is 8.36. The molecule has 0 aromatic heterocycles. The summed E-state index contributed by atoms with van der Waals surface area (Å²) in [5.74, 6) is 0. The summed E-state index contributed by atoms with van der Waals surface area (Å²) in [7, 11) is 0.572. The van der Waals surface area contributed by atoms with E-state index in [0.717, 1.165) is 0 Å². The Hall–Kier alpha value is -0.243. The highest BCUT2D eigenvalue weighted by atomic mass is 28.3. The quantitative estimate of drug-likeness (QED) is 0.443. The number of rotatable bonds is 2. The normalized spacial score (nSPS) is 11.0. The van der Waals surface area contributed by atoms with Crippen molar-refractivity contribution in [1.82, 2.24) is 0 Å². The largest absolute Gasteiger partial charge is 0.506 e. The van der Waals surface area contributed by atoms with Crippen LogP contribution in [0.1, 0.15) is 13.8 Å². The second-order valence-electron chi connectivity index (χ2n) is 3.78. The topological polar surface area (TPSA) is 9.23 Å². The maximum Gasteiger partial charge on any atom is 0.122 e. The van der Waals surface area contributed by atoms with Crippen LogP contribution in [-0.2, 0) is 4.74 Å². The van der Waals surface area contributed by atoms with E-state index >= 15 is 0 Å². The molecule has 0 fully saturated rings. The Morgan fingerprint density at radius 2 is 1.50 bits per heavy atom. The highest BCUT2D eigenvalue weighted by molar-refractivity contribution is 6.82. The van der Waals surface area contributed by atoms with Crippen molar-refractivity contribution in [1.29, 1.82) is 0 Å². The predicted octanol–water partition coefficient (Wildman–Crippen LogP) is 2.80. The van der Waals surface area contributed by atoms with Gasteiger partial charge in [0.05, 0.1) is 12.5 Å². The number of methoxy groups -OCH3 is 1. The summed E-state index contributed by atoms with van der Waals surface area (Å²) < 4.78 is 5.32. The summed E-state index contributed by atoms with van der Waals surface area (Å²) >= 11 is 0. The molecule has 0 aromatic carbocycles. The van der Waals surface area contributed by atoms with Crippen LogP contribution in [0, 0.1) is 0 Å². The first-order valence-electron chi connectivity index (χ1n) is 3.61. The average Bonchev–Trinajstić information content (AvgIpc) is 1.60. The lowest BCUT2D eigenvalue weighted by atomic mass is 10.4. The second kappa shape index (κ2) is 3.24. The fraction of sp³-hybridized carbons (Fsp3) is 0.750. The van der Waals surface area contributed by atoms with Gasteiger partial charge >= 0.3 is 0 Å². The van der Waals surface area contributed by atoms with Gasteiger partial charge in [-0.25, -0.2) is 0 Å². The molecule has 0 saturated carbocycles. The van der Waals surface area contributed by atoms with E-state index in [2.05, 4.69) is 33.5 Å². The molecule has 0 aromatic rings. The Morgan fingerprint density at radius 1 is 1.10 bits per heavy atom. The summed E-state index contributed by atoms with van der Waals surface area (Å²) in [5.41, 5.74) is 1.32. The minimum Gasteiger partial charge on any atom is -0.506 e. The summed E-state index contributed by atoms with van der Waals surface area (Å²) in [4.78, 5) is 0. The van der Waals surface area contributed by atoms with Gasteiger partial charge in [-0.3, -0.25) is 0 Å². The smallest absolute Gasteiger partial charge is 0.122 e. The third-order valence-corrected chi connectivity index (χ3v) is 3.41. The van der Waals surface area contributed by atoms with Crippen LogP contribution < -0.4 is 0 Å². The molecular formula is C8H18OSi. The van der Waals surface area contributed by atoms with Crippen molar-refractivity contribution in [3.05, 3.63) is 11.0 Å². The SMILES string of the molecule is COC(=C(C)C)[Si](C)(C)C. The molecule has 60 valence electrons. The van der Waals surface area contributed by atoms with Gasteiger partial charge < -0.3 is 4.74 Å². The van der Waals surface area contributed by atoms with Crippen LogP contribution in [0.15, 0.2) is 11.0 Å². The van der Waals surface area contributed by atoms with Crippen LogP contribution in [0.25, 0.3) is 0 Å². The molecule has 0 aliphatic heterocycles. The van der Waals surface area contributed by atoms with Gasteiger partial charge in [0.15, 0.2) is 0 Å². The molecule has 0 amide bonds. The third-order valence-electron chi connectivity index (χ3n) is 1.34. The Balaban J connectivity index is 4.55. The number of hydrogen-bond acceptors (Lipinski definition) is 1. The van der Waals surface area contributed by atoms with Crippen LogP contribution in [0.2, 0.25) is 19.6 Å². The maximum absolute atomic E-state index is 5.32. The minimum absolute atomic E-state index is 1.19. The van der Waals surface area contributed by atoms with Gasteiger partial charge in [-0.2, -0.15) is 0 Å². The summed E-state index contributed by atoms with van der Waals surface area (Å²) in [6.07, 6.45) is 0. The molecule has 10 heavy (non-hydrogen) atoms. The van der Waals surface area contributed by atoms with E-state index in [1.54, 1.807) is 7.11 Å². The van der Waals surface area contributed by atoms with E-state index in [-0.39, 0.29) is 0 Å². The Bertz CT molecular complexity index is 138. The first kappa shape index (κ1) is 9.76. The van der Waals surface area contributed by atoms with Crippen molar-refractivity contribution in [3.8, 4) is 0 Å². The molecule has 0 rings (SSSR count). The van der Waals surface area contributed by atoms with Crippen LogP contribution in [-0.4, -0.2) is 15.2 Å². The van der Waals surface area contributed by atoms with Gasteiger partial charge in [-0.15, -0.1) is 0 Å². The van der Waals surface area contributed by atoms with Crippen LogP contribution in [0.4, 0.5) is 0 Å². The van der Waals surface area contributed by atoms with E-state index in [9.17, 15) is 0 Å². The zero-order valence-corrected chi connectivity index (χ0v) is 8.91. The fourth-order valence-corrected chi connectivity index (χ4v) is 3.37. The van der Waals surface area contributed by atoms with E-state index in [4.69, 9.17) is 4.74 Å². The summed E-state index contributed by atoms with van der Waals surface area (Å²) in [5, 5.41) is 1.23. The van der Waals surface area contributed by atoms with E-state index in [0.29, 0.717) is 0 Å². The first-order chi connectivity index (χ1) is 4.39. The predicted molar refractivity (Wildman–Crippen MR) is 48.7 cm³/mol. The van der Waals surface area contributed by atoms with Crippen molar-refractivity contribution >= 4 is 8.07 Å². The first-order valence-corrected chi connectivity index (χ1v) is 7.11. The molecule has 0 spiro atoms. The van der Waals surface area contributed by atoms with Crippen molar-refractivity contribution in [3.63, 3.8) is 0 Å². The fourth-order valence-electron chi connectivity index (χ4n) is 1.26. The van der Waals surface area contributed by atoms with E-state index in [1.807, 2.05) is 0 Å². The molecule has 0 unspecified atom stereocenters. The Morgan fingerprint density at radius 3 is 1.50 bits per heavy atom. The monoisotopic (exact) mass is 158 g/mol. The molecule has 0 N–H and O–H groups in total. The number of allylic oxidation sites excluding steroid dienone is 1. The second-order valence-corrected chi connectivity index (χ2v) is 8.74. The van der Waals surface area contributed by atoms with Crippen molar-refractivity contribution in [2.75, 3.05) is 7.11 Å². The molecule has 0 bridgehead atoms. The Kier molecular flexibility index (Phi) is 3.16. The molecule has 0 aliphatic carbocycles. The minimum atomic E-state index is -1.19. The van der Waals surface area contributed by atoms with Gasteiger partial charge in [0.2, 0.25) is 0 Å². The van der Waals surface area contributed by atoms with Crippen molar-refractivity contribution < 1.29 is 4.74 Å². The van der Waals surface area contributed by atoms with Crippen LogP contribution in [0.5, 0.6) is 0 Å². The van der Waals surface area contributed by atoms with Gasteiger partial charge in [0.1, 0.15) is 8.07 Å². The zero-order valence-electron chi connectivity index (χ0n) is 7.91. The van der Waals surface area contributed by atoms with Gasteiger partial charge in [0, 0.05) is 0 Å². The molecule has 0 heterocycles. The van der Waals surface area contributed by atoms with Crippen molar-refractivity contribution in [2.24, 2.45) is 0 Å². The van der Waals surface area contributed by atoms with E-state index < -0.39 is 8.07 Å². The highest BCUT2D eigenvalue weighted by Gasteiger charge is 2.21. The lowest BCUT2D eigenvalue weighted by Gasteiger charge is -2.20. The summed E-state index contributed by atoms with van der Waals surface area (Å²) in [6, 6.07) is 0. The molecule has 0 aliphatic rings. The molecule has 0 atom stereocenters. The van der Waals surface area contributed by atoms with Gasteiger partial charge in [0.25, 0.3) is 0 Å². The lowest BCUT2D eigenvalue weighted by molar-refractivity contribution is 0.311. The van der Waals surface area contributed by atoms with E-state index in [1.165, 1.54) is 11.0 Å². The molecule has 2 heteroatoms. The maximum atomic E-state index is 5.32. The summed E-state index contributed by atoms with van der Waals surface area (Å²) in [6.45, 7) is 11.1. The standard InChI is InChI=1S/C8H18OSi/c1-7(2)8(9-3)10(4,5)6/h1-6H3. The average molecular weight is 158 g/mol. The van der Waals surface area contributed by atoms with Crippen LogP contribution in [0.3, 0.4) is 0 Å². The Labute approximate surface area is 65.1 Å². The molecule has 0 radical (unpaired) electrons. The number of ether oxygens (including phenoxy) is 1. The lowest BCUT2D eigenvalue weighted by Crippen LogP contribution is -2.26. The number of hydrogen-bond donors (Lipinski definition) is 0. The highest BCUT2D eigenvalue weighted by Crippen LogP contribution is 2.18. The third kappa shape index (κ3) is 2.56.